The predicted octanol–water partition coefficient (Wildman–Crippen LogP) is 1.14. The van der Waals surface area contributed by atoms with Gasteiger partial charge in [-0.2, -0.15) is 12.1 Å². The van der Waals surface area contributed by atoms with Crippen LogP contribution in [-0.2, 0) is 29.1 Å². The quantitative estimate of drug-likeness (QED) is 0.297. The van der Waals surface area contributed by atoms with Crippen LogP contribution < -0.4 is 18.9 Å². The molecule has 0 spiro atoms. The van der Waals surface area contributed by atoms with E-state index in [9.17, 15) is 4.39 Å². The molecule has 2 rings (SSSR count). The van der Waals surface area contributed by atoms with Crippen molar-refractivity contribution in [2.24, 2.45) is 0 Å². The van der Waals surface area contributed by atoms with Crippen LogP contribution in [0.15, 0.2) is 24.4 Å². The molecule has 11 heteroatoms. The molecule has 0 aliphatic carbocycles. The van der Waals surface area contributed by atoms with E-state index in [-0.39, 0.29) is 29.7 Å². The van der Waals surface area contributed by atoms with Gasteiger partial charge in [0.2, 0.25) is 0 Å². The number of hydrogen-bond acceptors (Lipinski definition) is 6. The average molecular weight is 407 g/mol. The molecule has 1 aromatic carbocycles. The third kappa shape index (κ3) is 6.99. The number of rotatable bonds is 7. The van der Waals surface area contributed by atoms with Crippen LogP contribution in [0.25, 0.3) is 10.9 Å². The molecule has 1 aromatic heterocycles. The summed E-state index contributed by atoms with van der Waals surface area (Å²) in [6.45, 7) is 11.2. The van der Waals surface area contributed by atoms with Crippen LogP contribution in [0.1, 0.15) is 20.8 Å². The first-order valence-electron chi connectivity index (χ1n) is 8.36. The van der Waals surface area contributed by atoms with E-state index >= 15 is 0 Å². The molecule has 2 aromatic rings. The van der Waals surface area contributed by atoms with Gasteiger partial charge in [0, 0.05) is 5.82 Å². The number of benzene rings is 1. The van der Waals surface area contributed by atoms with Crippen LogP contribution in [0.4, 0.5) is 4.39 Å². The van der Waals surface area contributed by atoms with Crippen LogP contribution in [0.2, 0.25) is 18.1 Å². The topological polar surface area (TPSA) is 60.3 Å². The summed E-state index contributed by atoms with van der Waals surface area (Å²) in [7, 11) is 0.983. The van der Waals surface area contributed by atoms with Gasteiger partial charge in [0.15, 0.2) is 0 Å². The minimum absolute atomic E-state index is 0. The Balaban J connectivity index is 0.000000577. The maximum atomic E-state index is 13.9. The van der Waals surface area contributed by atoms with Gasteiger partial charge >= 0.3 is 26.2 Å². The molecule has 0 amide bonds. The fourth-order valence-corrected chi connectivity index (χ4v) is 4.15. The second-order valence-corrected chi connectivity index (χ2v) is 12.3. The van der Waals surface area contributed by atoms with Crippen LogP contribution in [0.5, 0.6) is 0 Å². The van der Waals surface area contributed by atoms with Gasteiger partial charge in [0.25, 0.3) is 0 Å². The summed E-state index contributed by atoms with van der Waals surface area (Å²) in [4.78, 5) is 25.6. The second kappa shape index (κ2) is 12.1. The van der Waals surface area contributed by atoms with Crippen molar-refractivity contribution in [3.05, 3.63) is 36.3 Å². The molecule has 0 unspecified atom stereocenters. The van der Waals surface area contributed by atoms with Crippen molar-refractivity contribution in [1.29, 1.82) is 0 Å². The van der Waals surface area contributed by atoms with Crippen molar-refractivity contribution in [3.8, 4) is 0 Å². The Kier molecular flexibility index (Phi) is 11.8. The third-order valence-electron chi connectivity index (χ3n) is 4.56. The Morgan fingerprint density at radius 3 is 1.93 bits per heavy atom. The van der Waals surface area contributed by atoms with Crippen LogP contribution >= 0.6 is 0 Å². The summed E-state index contributed by atoms with van der Waals surface area (Å²) in [5.41, 5.74) is 0.707. The SMILES string of the molecule is CC(C)(C)[Si](C)(C)n1ccc2cc[c-]c(F)c21.COOB(OOC)OOC.[Li+]. The molecule has 0 saturated carbocycles. The molecule has 0 bridgehead atoms. The summed E-state index contributed by atoms with van der Waals surface area (Å²) >= 11 is 0. The Hall–Kier alpha value is -0.671. The number of halogens is 1. The maximum absolute atomic E-state index is 13.9. The van der Waals surface area contributed by atoms with Gasteiger partial charge in [0.1, 0.15) is 8.24 Å². The molecule has 0 N–H and O–H groups in total. The summed E-state index contributed by atoms with van der Waals surface area (Å²) in [5, 5.41) is 1.15. The van der Waals surface area contributed by atoms with Gasteiger partial charge in [-0.1, -0.05) is 39.9 Å². The van der Waals surface area contributed by atoms with Crippen molar-refractivity contribution in [2.45, 2.75) is 38.9 Å². The molecule has 0 aliphatic rings. The fourth-order valence-electron chi connectivity index (χ4n) is 2.20. The largest absolute Gasteiger partial charge is 1.00 e. The number of aromatic nitrogens is 1. The van der Waals surface area contributed by atoms with E-state index in [2.05, 4.69) is 73.2 Å². The van der Waals surface area contributed by atoms with E-state index in [0.717, 1.165) is 5.39 Å². The van der Waals surface area contributed by atoms with E-state index in [0.29, 0.717) is 5.52 Å². The van der Waals surface area contributed by atoms with Gasteiger partial charge in [0.05, 0.1) is 21.3 Å². The Morgan fingerprint density at radius 1 is 1.00 bits per heavy atom. The molecule has 0 aliphatic heterocycles. The molecule has 0 atom stereocenters. The number of nitrogens with zero attached hydrogens (tertiary/aromatic N) is 1. The first-order chi connectivity index (χ1) is 12.6. The van der Waals surface area contributed by atoms with E-state index in [1.807, 2.05) is 18.3 Å². The van der Waals surface area contributed by atoms with Crippen LogP contribution in [0, 0.1) is 11.9 Å². The summed E-state index contributed by atoms with van der Waals surface area (Å²) in [6, 6.07) is 8.22. The minimum atomic E-state index is -1.77. The molecule has 28 heavy (non-hydrogen) atoms. The maximum Gasteiger partial charge on any atom is 1.00 e. The monoisotopic (exact) mass is 407 g/mol. The fraction of sp³-hybridized carbons (Fsp3) is 0.529. The molecule has 1 heterocycles. The van der Waals surface area contributed by atoms with Gasteiger partial charge in [-0.05, 0) is 16.8 Å². The smallest absolute Gasteiger partial charge is 0.425 e. The van der Waals surface area contributed by atoms with Gasteiger partial charge in [-0.3, -0.25) is 14.7 Å². The van der Waals surface area contributed by atoms with E-state index in [4.69, 9.17) is 0 Å². The van der Waals surface area contributed by atoms with Crippen molar-refractivity contribution < 1.29 is 52.3 Å². The number of fused-ring (bicyclic) bond motifs is 1. The average Bonchev–Trinajstić information content (AvgIpc) is 3.01. The van der Waals surface area contributed by atoms with E-state index in [1.165, 1.54) is 21.3 Å². The first-order valence-corrected chi connectivity index (χ1v) is 11.3. The summed E-state index contributed by atoms with van der Waals surface area (Å²) in [6.07, 6.45) is 2.03. The summed E-state index contributed by atoms with van der Waals surface area (Å²) < 4.78 is 16.1. The zero-order chi connectivity index (χ0) is 20.7. The molecule has 152 valence electrons. The third-order valence-corrected chi connectivity index (χ3v) is 9.81. The predicted molar refractivity (Wildman–Crippen MR) is 103 cm³/mol. The van der Waals surface area contributed by atoms with Crippen LogP contribution in [0.3, 0.4) is 0 Å². The van der Waals surface area contributed by atoms with Gasteiger partial charge in [-0.25, -0.2) is 18.8 Å². The van der Waals surface area contributed by atoms with Crippen molar-refractivity contribution >= 4 is 26.5 Å². The number of hydrogen-bond donors (Lipinski definition) is 0. The van der Waals surface area contributed by atoms with Crippen LogP contribution in [-0.4, -0.2) is 41.1 Å². The minimum Gasteiger partial charge on any atom is -0.425 e. The molecule has 7 nitrogen and oxygen atoms in total. The second-order valence-electron chi connectivity index (χ2n) is 7.17. The Morgan fingerprint density at radius 2 is 1.50 bits per heavy atom. The normalized spacial score (nSPS) is 11.6. The summed E-state index contributed by atoms with van der Waals surface area (Å²) in [5.74, 6) is -0.239. The standard InChI is InChI=1S/C14H19FNSi.C3H9BO6.Li/c1-14(2,3)17(4,5)16-10-9-11-7-6-8-12(15)13(11)16;1-5-8-4(9-6-2)10-7-3;/h6-7,9-10H,1-5H3;1-3H3;/q-1;;+1. The van der Waals surface area contributed by atoms with Gasteiger partial charge in [-0.15, -0.1) is 11.5 Å². The molecule has 0 saturated heterocycles. The van der Waals surface area contributed by atoms with Crippen molar-refractivity contribution in [2.75, 3.05) is 21.3 Å². The van der Waals surface area contributed by atoms with E-state index < -0.39 is 15.6 Å². The van der Waals surface area contributed by atoms with Gasteiger partial charge < -0.3 is 4.23 Å². The van der Waals surface area contributed by atoms with E-state index in [1.54, 1.807) is 6.07 Å². The Labute approximate surface area is 179 Å². The van der Waals surface area contributed by atoms with Crippen molar-refractivity contribution in [1.82, 2.24) is 4.23 Å². The molecular formula is C17H28BFLiNO6Si. The molecular weight excluding hydrogens is 379 g/mol. The van der Waals surface area contributed by atoms with Crippen molar-refractivity contribution in [3.63, 3.8) is 0 Å². The molecule has 0 fully saturated rings. The first kappa shape index (κ1) is 27.3. The zero-order valence-electron chi connectivity index (χ0n) is 18.2. The Bertz CT molecular complexity index is 698. The zero-order valence-corrected chi connectivity index (χ0v) is 19.2. The molecule has 0 radical (unpaired) electrons.